The van der Waals surface area contributed by atoms with Crippen molar-refractivity contribution in [2.24, 2.45) is 5.92 Å². The highest BCUT2D eigenvalue weighted by molar-refractivity contribution is 6.38. The molecular formula is C24H28N2O4. The van der Waals surface area contributed by atoms with Crippen LogP contribution in [0.3, 0.4) is 0 Å². The van der Waals surface area contributed by atoms with E-state index in [9.17, 15) is 14.4 Å². The number of hydrogen-bond donors (Lipinski definition) is 0. The molecule has 2 unspecified atom stereocenters. The topological polar surface area (TPSA) is 66.9 Å². The maximum absolute atomic E-state index is 13.1. The lowest BCUT2D eigenvalue weighted by molar-refractivity contribution is -0.153. The number of carbonyl (C=O) groups is 3. The van der Waals surface area contributed by atoms with Crippen molar-refractivity contribution in [2.45, 2.75) is 46.2 Å². The van der Waals surface area contributed by atoms with Gasteiger partial charge in [-0.2, -0.15) is 0 Å². The zero-order chi connectivity index (χ0) is 21.8. The van der Waals surface area contributed by atoms with Gasteiger partial charge in [0, 0.05) is 23.3 Å². The van der Waals surface area contributed by atoms with E-state index in [-0.39, 0.29) is 24.5 Å². The van der Waals surface area contributed by atoms with Gasteiger partial charge < -0.3 is 9.64 Å². The van der Waals surface area contributed by atoms with E-state index in [0.29, 0.717) is 12.1 Å². The fourth-order valence-electron chi connectivity index (χ4n) is 3.96. The molecule has 30 heavy (non-hydrogen) atoms. The van der Waals surface area contributed by atoms with E-state index in [1.54, 1.807) is 19.1 Å². The molecule has 0 N–H and O–H groups in total. The number of ether oxygens (including phenoxy) is 1. The van der Waals surface area contributed by atoms with Gasteiger partial charge in [0.15, 0.2) is 0 Å². The summed E-state index contributed by atoms with van der Waals surface area (Å²) in [6.07, 6.45) is 0.509. The van der Waals surface area contributed by atoms with Crippen LogP contribution in [-0.4, -0.2) is 30.4 Å². The molecule has 0 aliphatic carbocycles. The second kappa shape index (κ2) is 9.11. The first-order valence-electron chi connectivity index (χ1n) is 10.3. The summed E-state index contributed by atoms with van der Waals surface area (Å²) in [6, 6.07) is 16.2. The van der Waals surface area contributed by atoms with Gasteiger partial charge in [0.25, 0.3) is 0 Å². The van der Waals surface area contributed by atoms with Crippen LogP contribution in [0.4, 0.5) is 11.4 Å². The number of benzene rings is 2. The molecule has 6 heteroatoms. The molecule has 1 heterocycles. The molecule has 2 aromatic rings. The predicted molar refractivity (Wildman–Crippen MR) is 116 cm³/mol. The van der Waals surface area contributed by atoms with Crippen molar-refractivity contribution in [3.8, 4) is 0 Å². The summed E-state index contributed by atoms with van der Waals surface area (Å²) < 4.78 is 5.01. The highest BCUT2D eigenvalue weighted by Gasteiger charge is 2.40. The van der Waals surface area contributed by atoms with Gasteiger partial charge in [-0.1, -0.05) is 50.2 Å². The number of carbonyl (C=O) groups excluding carboxylic acids is 3. The Morgan fingerprint density at radius 2 is 1.70 bits per heavy atom. The van der Waals surface area contributed by atoms with Gasteiger partial charge in [-0.15, -0.1) is 0 Å². The summed E-state index contributed by atoms with van der Waals surface area (Å²) >= 11 is 0. The monoisotopic (exact) mass is 408 g/mol. The van der Waals surface area contributed by atoms with Crippen molar-refractivity contribution < 1.29 is 19.1 Å². The number of anilines is 2. The highest BCUT2D eigenvalue weighted by atomic mass is 16.5. The highest BCUT2D eigenvalue weighted by Crippen LogP contribution is 2.42. The van der Waals surface area contributed by atoms with Crippen LogP contribution in [0.25, 0.3) is 0 Å². The lowest BCUT2D eigenvalue weighted by Crippen LogP contribution is -2.50. The first kappa shape index (κ1) is 21.6. The maximum Gasteiger partial charge on any atom is 0.397 e. The molecule has 158 valence electrons. The Morgan fingerprint density at radius 1 is 1.07 bits per heavy atom. The molecule has 0 bridgehead atoms. The summed E-state index contributed by atoms with van der Waals surface area (Å²) in [5, 5.41) is 0. The van der Waals surface area contributed by atoms with Crippen LogP contribution >= 0.6 is 0 Å². The lowest BCUT2D eigenvalue weighted by atomic mass is 9.89. The van der Waals surface area contributed by atoms with E-state index >= 15 is 0 Å². The van der Waals surface area contributed by atoms with Crippen molar-refractivity contribution in [1.29, 1.82) is 0 Å². The number of fused-ring (bicyclic) bond motifs is 1. The van der Waals surface area contributed by atoms with Crippen LogP contribution in [0.15, 0.2) is 54.6 Å². The van der Waals surface area contributed by atoms with Gasteiger partial charge in [0.1, 0.15) is 0 Å². The van der Waals surface area contributed by atoms with Crippen LogP contribution in [0.2, 0.25) is 0 Å². The standard InChI is InChI=1S/C24H28N2O4/c1-5-30-24(29)23(28)26(18-11-7-6-8-12-18)21-15-17(4)25(22(27)16(2)3)20-14-10-9-13-19(20)21/h6-14,16-17,21H,5,15H2,1-4H3. The van der Waals surface area contributed by atoms with E-state index < -0.39 is 17.9 Å². The molecule has 3 rings (SSSR count). The molecule has 1 aliphatic heterocycles. The molecule has 2 aromatic carbocycles. The zero-order valence-corrected chi connectivity index (χ0v) is 17.9. The van der Waals surface area contributed by atoms with Gasteiger partial charge in [-0.05, 0) is 44.0 Å². The number of nitrogens with zero attached hydrogens (tertiary/aromatic N) is 2. The lowest BCUT2D eigenvalue weighted by Gasteiger charge is -2.43. The summed E-state index contributed by atoms with van der Waals surface area (Å²) in [7, 11) is 0. The second-order valence-corrected chi connectivity index (χ2v) is 7.75. The third-order valence-electron chi connectivity index (χ3n) is 5.31. The maximum atomic E-state index is 13.1. The van der Waals surface area contributed by atoms with E-state index in [1.165, 1.54) is 4.90 Å². The van der Waals surface area contributed by atoms with Gasteiger partial charge in [-0.25, -0.2) is 4.79 Å². The molecule has 0 fully saturated rings. The van der Waals surface area contributed by atoms with Crippen LogP contribution < -0.4 is 9.80 Å². The van der Waals surface area contributed by atoms with E-state index in [2.05, 4.69) is 0 Å². The Kier molecular flexibility index (Phi) is 6.55. The third-order valence-corrected chi connectivity index (χ3v) is 5.31. The number of para-hydroxylation sites is 2. The van der Waals surface area contributed by atoms with Crippen LogP contribution in [0.5, 0.6) is 0 Å². The smallest absolute Gasteiger partial charge is 0.397 e. The quantitative estimate of drug-likeness (QED) is 0.564. The number of esters is 1. The largest absolute Gasteiger partial charge is 0.459 e. The summed E-state index contributed by atoms with van der Waals surface area (Å²) in [5.41, 5.74) is 2.23. The van der Waals surface area contributed by atoms with E-state index in [4.69, 9.17) is 4.74 Å². The average molecular weight is 408 g/mol. The Morgan fingerprint density at radius 3 is 2.33 bits per heavy atom. The Bertz CT molecular complexity index is 926. The van der Waals surface area contributed by atoms with E-state index in [1.807, 2.05) is 68.1 Å². The molecule has 6 nitrogen and oxygen atoms in total. The minimum atomic E-state index is -0.882. The molecular weight excluding hydrogens is 380 g/mol. The average Bonchev–Trinajstić information content (AvgIpc) is 2.74. The number of amides is 2. The fraction of sp³-hybridized carbons (Fsp3) is 0.375. The van der Waals surface area contributed by atoms with Gasteiger partial charge in [0.2, 0.25) is 5.91 Å². The SMILES string of the molecule is CCOC(=O)C(=O)N(c1ccccc1)C1CC(C)N(C(=O)C(C)C)c2ccccc21. The first-order chi connectivity index (χ1) is 14.4. The van der Waals surface area contributed by atoms with Crippen molar-refractivity contribution in [3.05, 3.63) is 60.2 Å². The molecule has 0 saturated heterocycles. The molecule has 0 spiro atoms. The normalized spacial score (nSPS) is 18.0. The molecule has 1 aliphatic rings. The van der Waals surface area contributed by atoms with Gasteiger partial charge in [0.05, 0.1) is 12.6 Å². The van der Waals surface area contributed by atoms with Crippen LogP contribution in [-0.2, 0) is 19.1 Å². The van der Waals surface area contributed by atoms with Crippen molar-refractivity contribution in [3.63, 3.8) is 0 Å². The van der Waals surface area contributed by atoms with Crippen LogP contribution in [0.1, 0.15) is 45.7 Å². The Labute approximate surface area is 177 Å². The van der Waals surface area contributed by atoms with Crippen molar-refractivity contribution in [2.75, 3.05) is 16.4 Å². The third kappa shape index (κ3) is 4.08. The molecule has 2 atom stereocenters. The summed E-state index contributed by atoms with van der Waals surface area (Å²) in [6.45, 7) is 7.53. The number of hydrogen-bond acceptors (Lipinski definition) is 4. The van der Waals surface area contributed by atoms with Crippen molar-refractivity contribution >= 4 is 29.2 Å². The molecule has 0 aromatic heterocycles. The molecule has 0 radical (unpaired) electrons. The Hall–Kier alpha value is -3.15. The summed E-state index contributed by atoms with van der Waals surface area (Å²) in [4.78, 5) is 41.8. The van der Waals surface area contributed by atoms with Crippen LogP contribution in [0, 0.1) is 5.92 Å². The van der Waals surface area contributed by atoms with E-state index in [0.717, 1.165) is 11.3 Å². The van der Waals surface area contributed by atoms with Gasteiger partial charge in [-0.3, -0.25) is 14.5 Å². The fourth-order valence-corrected chi connectivity index (χ4v) is 3.96. The van der Waals surface area contributed by atoms with Gasteiger partial charge >= 0.3 is 11.9 Å². The van der Waals surface area contributed by atoms with Crippen molar-refractivity contribution in [1.82, 2.24) is 0 Å². The zero-order valence-electron chi connectivity index (χ0n) is 17.9. The minimum Gasteiger partial charge on any atom is -0.459 e. The molecule has 2 amide bonds. The first-order valence-corrected chi connectivity index (χ1v) is 10.3. The Balaban J connectivity index is 2.11. The predicted octanol–water partition coefficient (Wildman–Crippen LogP) is 4.11. The minimum absolute atomic E-state index is 0.0383. The number of rotatable bonds is 4. The molecule has 0 saturated carbocycles. The summed E-state index contributed by atoms with van der Waals surface area (Å²) in [5.74, 6) is -1.70. The second-order valence-electron chi connectivity index (χ2n) is 7.75.